The van der Waals surface area contributed by atoms with Crippen molar-refractivity contribution >= 4 is 17.4 Å². The molecular weight excluding hydrogens is 263 g/mol. The van der Waals surface area contributed by atoms with Gasteiger partial charge in [0.15, 0.2) is 0 Å². The second-order valence-corrected chi connectivity index (χ2v) is 4.84. The number of thioether (sulfide) groups is 1. The predicted octanol–water partition coefficient (Wildman–Crippen LogP) is 4.10. The summed E-state index contributed by atoms with van der Waals surface area (Å²) in [6, 6.07) is 5.22. The molecule has 0 unspecified atom stereocenters. The summed E-state index contributed by atoms with van der Waals surface area (Å²) in [5.41, 5.74) is 6.32. The summed E-state index contributed by atoms with van der Waals surface area (Å²) in [5.74, 6) is 1.07. The molecule has 1 aromatic carbocycles. The van der Waals surface area contributed by atoms with E-state index in [0.717, 1.165) is 4.90 Å². The minimum absolute atomic E-state index is 0.0898. The lowest BCUT2D eigenvalue weighted by atomic mass is 10.3. The summed E-state index contributed by atoms with van der Waals surface area (Å²) in [4.78, 5) is 0.767. The van der Waals surface area contributed by atoms with Crippen LogP contribution in [0.5, 0.6) is 5.75 Å². The molecule has 0 fully saturated rings. The Hall–Kier alpha value is -1.04. The first kappa shape index (κ1) is 15.0. The van der Waals surface area contributed by atoms with Gasteiger partial charge in [-0.05, 0) is 37.3 Å². The lowest BCUT2D eigenvalue weighted by Crippen LogP contribution is -2.07. The van der Waals surface area contributed by atoms with Crippen molar-refractivity contribution in [3.63, 3.8) is 0 Å². The standard InChI is InChI=1S/C12H16F3NOS/c1-2-17-9-4-5-10(16)11(8-9)18-7-3-6-12(13,14)15/h4-5,8H,2-3,6-7,16H2,1H3. The highest BCUT2D eigenvalue weighted by Crippen LogP contribution is 2.31. The van der Waals surface area contributed by atoms with Gasteiger partial charge in [0, 0.05) is 17.0 Å². The van der Waals surface area contributed by atoms with Crippen molar-refractivity contribution < 1.29 is 17.9 Å². The summed E-state index contributed by atoms with van der Waals surface area (Å²) in [6.07, 6.45) is -4.75. The van der Waals surface area contributed by atoms with E-state index >= 15 is 0 Å². The van der Waals surface area contributed by atoms with E-state index in [1.807, 2.05) is 6.92 Å². The molecular formula is C12H16F3NOS. The number of hydrogen-bond acceptors (Lipinski definition) is 3. The zero-order valence-corrected chi connectivity index (χ0v) is 10.9. The molecule has 0 saturated carbocycles. The normalized spacial score (nSPS) is 11.6. The van der Waals surface area contributed by atoms with Gasteiger partial charge in [-0.2, -0.15) is 13.2 Å². The molecule has 0 aromatic heterocycles. The number of ether oxygens (including phenoxy) is 1. The minimum Gasteiger partial charge on any atom is -0.494 e. The van der Waals surface area contributed by atoms with Crippen molar-refractivity contribution in [2.24, 2.45) is 0 Å². The first-order valence-corrected chi connectivity index (χ1v) is 6.63. The van der Waals surface area contributed by atoms with Crippen molar-refractivity contribution in [2.45, 2.75) is 30.8 Å². The Bertz CT molecular complexity index is 382. The molecule has 0 heterocycles. The Morgan fingerprint density at radius 1 is 1.33 bits per heavy atom. The highest BCUT2D eigenvalue weighted by Gasteiger charge is 2.25. The van der Waals surface area contributed by atoms with Gasteiger partial charge in [-0.15, -0.1) is 11.8 Å². The van der Waals surface area contributed by atoms with E-state index in [4.69, 9.17) is 10.5 Å². The van der Waals surface area contributed by atoms with Crippen molar-refractivity contribution in [3.05, 3.63) is 18.2 Å². The lowest BCUT2D eigenvalue weighted by Gasteiger charge is -2.09. The largest absolute Gasteiger partial charge is 0.494 e. The summed E-state index contributed by atoms with van der Waals surface area (Å²) in [6.45, 7) is 2.41. The molecule has 0 aliphatic carbocycles. The van der Waals surface area contributed by atoms with Crippen LogP contribution in [0.3, 0.4) is 0 Å². The first-order valence-electron chi connectivity index (χ1n) is 5.64. The molecule has 102 valence electrons. The third kappa shape index (κ3) is 5.53. The van der Waals surface area contributed by atoms with E-state index in [9.17, 15) is 13.2 Å². The van der Waals surface area contributed by atoms with E-state index < -0.39 is 12.6 Å². The van der Waals surface area contributed by atoms with Crippen LogP contribution in [0, 0.1) is 0 Å². The monoisotopic (exact) mass is 279 g/mol. The molecule has 1 rings (SSSR count). The van der Waals surface area contributed by atoms with E-state index in [1.165, 1.54) is 11.8 Å². The second-order valence-electron chi connectivity index (χ2n) is 3.70. The number of anilines is 1. The Morgan fingerprint density at radius 2 is 2.06 bits per heavy atom. The summed E-state index contributed by atoms with van der Waals surface area (Å²) in [5, 5.41) is 0. The molecule has 0 amide bonds. The maximum absolute atomic E-state index is 12.0. The van der Waals surface area contributed by atoms with Gasteiger partial charge in [0.1, 0.15) is 5.75 Å². The lowest BCUT2D eigenvalue weighted by molar-refractivity contribution is -0.134. The smallest absolute Gasteiger partial charge is 0.389 e. The zero-order valence-electron chi connectivity index (χ0n) is 10.1. The third-order valence-corrected chi connectivity index (χ3v) is 3.32. The van der Waals surface area contributed by atoms with Crippen LogP contribution in [-0.2, 0) is 0 Å². The highest BCUT2D eigenvalue weighted by molar-refractivity contribution is 7.99. The van der Waals surface area contributed by atoms with Gasteiger partial charge in [-0.1, -0.05) is 0 Å². The van der Waals surface area contributed by atoms with Crippen molar-refractivity contribution in [3.8, 4) is 5.75 Å². The number of nitrogens with two attached hydrogens (primary N) is 1. The number of halogens is 3. The van der Waals surface area contributed by atoms with Gasteiger partial charge in [-0.25, -0.2) is 0 Å². The molecule has 0 aliphatic heterocycles. The van der Waals surface area contributed by atoms with Crippen LogP contribution in [0.1, 0.15) is 19.8 Å². The van der Waals surface area contributed by atoms with Gasteiger partial charge in [0.25, 0.3) is 0 Å². The average Bonchev–Trinajstić information content (AvgIpc) is 2.27. The molecule has 0 atom stereocenters. The van der Waals surface area contributed by atoms with Crippen LogP contribution in [0.15, 0.2) is 23.1 Å². The predicted molar refractivity (Wildman–Crippen MR) is 68.0 cm³/mol. The van der Waals surface area contributed by atoms with Crippen molar-refractivity contribution in [1.82, 2.24) is 0 Å². The number of alkyl halides is 3. The molecule has 6 heteroatoms. The first-order chi connectivity index (χ1) is 8.42. The van der Waals surface area contributed by atoms with Gasteiger partial charge >= 0.3 is 6.18 Å². The van der Waals surface area contributed by atoms with Crippen LogP contribution in [0.25, 0.3) is 0 Å². The summed E-state index contributed by atoms with van der Waals surface area (Å²) >= 11 is 1.32. The molecule has 2 nitrogen and oxygen atoms in total. The fourth-order valence-electron chi connectivity index (χ4n) is 1.35. The zero-order chi connectivity index (χ0) is 13.6. The van der Waals surface area contributed by atoms with E-state index in [-0.39, 0.29) is 6.42 Å². The van der Waals surface area contributed by atoms with Gasteiger partial charge < -0.3 is 10.5 Å². The number of rotatable bonds is 6. The summed E-state index contributed by atoms with van der Waals surface area (Å²) in [7, 11) is 0. The highest BCUT2D eigenvalue weighted by atomic mass is 32.2. The second kappa shape index (κ2) is 6.78. The van der Waals surface area contributed by atoms with Crippen LogP contribution < -0.4 is 10.5 Å². The molecule has 0 bridgehead atoms. The van der Waals surface area contributed by atoms with E-state index in [0.29, 0.717) is 23.8 Å². The van der Waals surface area contributed by atoms with Gasteiger partial charge in [0.05, 0.1) is 6.61 Å². The SMILES string of the molecule is CCOc1ccc(N)c(SCCCC(F)(F)F)c1. The maximum Gasteiger partial charge on any atom is 0.389 e. The average molecular weight is 279 g/mol. The molecule has 1 aromatic rings. The van der Waals surface area contributed by atoms with Crippen LogP contribution >= 0.6 is 11.8 Å². The Morgan fingerprint density at radius 3 is 2.67 bits per heavy atom. The Balaban J connectivity index is 2.48. The van der Waals surface area contributed by atoms with Crippen LogP contribution in [0.2, 0.25) is 0 Å². The quantitative estimate of drug-likeness (QED) is 0.483. The number of nitrogen functional groups attached to an aromatic ring is 1. The number of benzene rings is 1. The molecule has 0 spiro atoms. The van der Waals surface area contributed by atoms with Gasteiger partial charge in [-0.3, -0.25) is 0 Å². The molecule has 2 N–H and O–H groups in total. The molecule has 0 radical (unpaired) electrons. The number of hydrogen-bond donors (Lipinski definition) is 1. The summed E-state index contributed by atoms with van der Waals surface area (Å²) < 4.78 is 41.2. The van der Waals surface area contributed by atoms with Crippen molar-refractivity contribution in [2.75, 3.05) is 18.1 Å². The van der Waals surface area contributed by atoms with Crippen LogP contribution in [-0.4, -0.2) is 18.5 Å². The van der Waals surface area contributed by atoms with Crippen molar-refractivity contribution in [1.29, 1.82) is 0 Å². The van der Waals surface area contributed by atoms with E-state index in [2.05, 4.69) is 0 Å². The minimum atomic E-state index is -4.08. The topological polar surface area (TPSA) is 35.2 Å². The van der Waals surface area contributed by atoms with E-state index in [1.54, 1.807) is 18.2 Å². The fraction of sp³-hybridized carbons (Fsp3) is 0.500. The Labute approximate surface area is 109 Å². The molecule has 0 aliphatic rings. The fourth-order valence-corrected chi connectivity index (χ4v) is 2.29. The molecule has 0 saturated heterocycles. The van der Waals surface area contributed by atoms with Crippen LogP contribution in [0.4, 0.5) is 18.9 Å². The van der Waals surface area contributed by atoms with Gasteiger partial charge in [0.2, 0.25) is 0 Å². The Kier molecular flexibility index (Phi) is 5.65. The molecule has 18 heavy (non-hydrogen) atoms. The third-order valence-electron chi connectivity index (χ3n) is 2.16. The maximum atomic E-state index is 12.0.